The van der Waals surface area contributed by atoms with E-state index in [2.05, 4.69) is 10.6 Å². The van der Waals surface area contributed by atoms with Gasteiger partial charge in [0, 0.05) is 0 Å². The Morgan fingerprint density at radius 2 is 1.84 bits per heavy atom. The second-order valence-electron chi connectivity index (χ2n) is 5.75. The van der Waals surface area contributed by atoms with Gasteiger partial charge in [0.2, 0.25) is 5.91 Å². The van der Waals surface area contributed by atoms with Gasteiger partial charge in [-0.25, -0.2) is 9.18 Å². The maximum absolute atomic E-state index is 13.5. The van der Waals surface area contributed by atoms with Crippen LogP contribution in [0.1, 0.15) is 19.8 Å². The largest absolute Gasteiger partial charge is 0.481 e. The van der Waals surface area contributed by atoms with Gasteiger partial charge in [-0.15, -0.1) is 12.4 Å². The Labute approximate surface area is 151 Å². The van der Waals surface area contributed by atoms with Gasteiger partial charge in [0.15, 0.2) is 0 Å². The van der Waals surface area contributed by atoms with E-state index < -0.39 is 29.8 Å². The van der Waals surface area contributed by atoms with E-state index in [1.54, 1.807) is 13.0 Å². The lowest BCUT2D eigenvalue weighted by atomic mass is 9.96. The number of amides is 3. The fourth-order valence-corrected chi connectivity index (χ4v) is 2.63. The Hall–Kier alpha value is -2.19. The molecule has 9 heteroatoms. The molecule has 7 nitrogen and oxygen atoms in total. The van der Waals surface area contributed by atoms with Gasteiger partial charge in [0.25, 0.3) is 0 Å². The van der Waals surface area contributed by atoms with Crippen LogP contribution in [0.5, 0.6) is 0 Å². The van der Waals surface area contributed by atoms with Crippen molar-refractivity contribution >= 4 is 36.0 Å². The molecule has 0 aliphatic carbocycles. The van der Waals surface area contributed by atoms with E-state index in [-0.39, 0.29) is 24.0 Å². The highest BCUT2D eigenvalue weighted by atomic mass is 35.5. The van der Waals surface area contributed by atoms with Crippen molar-refractivity contribution in [2.24, 2.45) is 5.92 Å². The van der Waals surface area contributed by atoms with Crippen LogP contribution in [-0.4, -0.2) is 47.0 Å². The van der Waals surface area contributed by atoms with Crippen LogP contribution in [0.4, 0.5) is 14.9 Å². The standard InChI is InChI=1S/C16H20FN3O4.ClH/c1-10(20-8-6-11(7-9-20)15(22)23)14(21)19-16(24)18-13-5-3-2-4-12(13)17;/h2-5,10-11H,6-9H2,1H3,(H,22,23)(H2,18,19,21,24);1H. The molecular weight excluding hydrogens is 353 g/mol. The Morgan fingerprint density at radius 3 is 2.40 bits per heavy atom. The van der Waals surface area contributed by atoms with Gasteiger partial charge in [-0.05, 0) is 45.0 Å². The minimum atomic E-state index is -0.823. The van der Waals surface area contributed by atoms with Crippen molar-refractivity contribution in [3.8, 4) is 0 Å². The zero-order valence-electron chi connectivity index (χ0n) is 13.7. The highest BCUT2D eigenvalue weighted by Crippen LogP contribution is 2.19. The SMILES string of the molecule is CC(C(=O)NC(=O)Nc1ccccc1F)N1CCC(C(=O)O)CC1.Cl. The molecule has 138 valence electrons. The summed E-state index contributed by atoms with van der Waals surface area (Å²) in [7, 11) is 0. The summed E-state index contributed by atoms with van der Waals surface area (Å²) in [6, 6.07) is 4.26. The monoisotopic (exact) mass is 373 g/mol. The van der Waals surface area contributed by atoms with E-state index in [9.17, 15) is 18.8 Å². The number of carboxylic acid groups (broad SMARTS) is 1. The van der Waals surface area contributed by atoms with Crippen LogP contribution in [-0.2, 0) is 9.59 Å². The summed E-state index contributed by atoms with van der Waals surface area (Å²) in [5, 5.41) is 13.4. The summed E-state index contributed by atoms with van der Waals surface area (Å²) in [6.07, 6.45) is 0.933. The molecule has 1 saturated heterocycles. The molecule has 1 fully saturated rings. The van der Waals surface area contributed by atoms with Gasteiger partial charge in [0.1, 0.15) is 5.82 Å². The lowest BCUT2D eigenvalue weighted by Gasteiger charge is -2.33. The topological polar surface area (TPSA) is 98.7 Å². The smallest absolute Gasteiger partial charge is 0.326 e. The summed E-state index contributed by atoms with van der Waals surface area (Å²) in [5.74, 6) is -2.32. The van der Waals surface area contributed by atoms with Crippen molar-refractivity contribution in [1.29, 1.82) is 0 Å². The normalized spacial score (nSPS) is 16.4. The van der Waals surface area contributed by atoms with E-state index in [4.69, 9.17) is 5.11 Å². The van der Waals surface area contributed by atoms with Crippen LogP contribution in [0.2, 0.25) is 0 Å². The number of hydrogen-bond acceptors (Lipinski definition) is 4. The summed E-state index contributed by atoms with van der Waals surface area (Å²) in [4.78, 5) is 36.7. The zero-order valence-corrected chi connectivity index (χ0v) is 14.5. The number of rotatable bonds is 4. The fourth-order valence-electron chi connectivity index (χ4n) is 2.63. The summed E-state index contributed by atoms with van der Waals surface area (Å²) in [6.45, 7) is 2.59. The second kappa shape index (κ2) is 9.33. The number of halogens is 2. The molecule has 1 aromatic rings. The number of benzene rings is 1. The number of likely N-dealkylation sites (tertiary alicyclic amines) is 1. The first kappa shape index (κ1) is 20.9. The molecule has 1 aliphatic heterocycles. The van der Waals surface area contributed by atoms with Gasteiger partial charge in [-0.2, -0.15) is 0 Å². The predicted molar refractivity (Wildman–Crippen MR) is 92.2 cm³/mol. The molecule has 0 aromatic heterocycles. The van der Waals surface area contributed by atoms with Gasteiger partial charge < -0.3 is 10.4 Å². The van der Waals surface area contributed by atoms with E-state index in [1.165, 1.54) is 18.2 Å². The predicted octanol–water partition coefficient (Wildman–Crippen LogP) is 2.08. The van der Waals surface area contributed by atoms with E-state index in [0.717, 1.165) is 0 Å². The average Bonchev–Trinajstić information content (AvgIpc) is 2.56. The highest BCUT2D eigenvalue weighted by molar-refractivity contribution is 6.02. The molecule has 0 bridgehead atoms. The van der Waals surface area contributed by atoms with Crippen molar-refractivity contribution in [3.05, 3.63) is 30.1 Å². The number of para-hydroxylation sites is 1. The number of carbonyl (C=O) groups is 3. The molecule has 3 amide bonds. The molecule has 0 spiro atoms. The number of imide groups is 1. The number of urea groups is 1. The first-order valence-corrected chi connectivity index (χ1v) is 7.71. The first-order chi connectivity index (χ1) is 11.4. The van der Waals surface area contributed by atoms with Crippen LogP contribution in [0.3, 0.4) is 0 Å². The number of piperidine rings is 1. The van der Waals surface area contributed by atoms with Crippen molar-refractivity contribution in [2.45, 2.75) is 25.8 Å². The molecule has 1 heterocycles. The average molecular weight is 374 g/mol. The molecular formula is C16H21ClFN3O4. The third-order valence-corrected chi connectivity index (χ3v) is 4.16. The zero-order chi connectivity index (χ0) is 17.7. The van der Waals surface area contributed by atoms with Crippen LogP contribution in [0.25, 0.3) is 0 Å². The molecule has 3 N–H and O–H groups in total. The minimum Gasteiger partial charge on any atom is -0.481 e. The molecule has 1 atom stereocenters. The summed E-state index contributed by atoms with van der Waals surface area (Å²) in [5.41, 5.74) is -0.0160. The Bertz CT molecular complexity index is 636. The quantitative estimate of drug-likeness (QED) is 0.750. The van der Waals surface area contributed by atoms with Gasteiger partial charge in [0.05, 0.1) is 17.6 Å². The fraction of sp³-hybridized carbons (Fsp3) is 0.438. The molecule has 0 radical (unpaired) electrons. The van der Waals surface area contributed by atoms with Crippen molar-refractivity contribution in [2.75, 3.05) is 18.4 Å². The van der Waals surface area contributed by atoms with Crippen molar-refractivity contribution < 1.29 is 23.9 Å². The third kappa shape index (κ3) is 5.68. The van der Waals surface area contributed by atoms with Crippen LogP contribution >= 0.6 is 12.4 Å². The molecule has 1 unspecified atom stereocenters. The number of nitrogens with one attached hydrogen (secondary N) is 2. The van der Waals surface area contributed by atoms with Crippen molar-refractivity contribution in [1.82, 2.24) is 10.2 Å². The number of nitrogens with zero attached hydrogens (tertiary/aromatic N) is 1. The van der Waals surface area contributed by atoms with Gasteiger partial charge in [-0.1, -0.05) is 12.1 Å². The van der Waals surface area contributed by atoms with E-state index in [0.29, 0.717) is 25.9 Å². The molecule has 25 heavy (non-hydrogen) atoms. The lowest BCUT2D eigenvalue weighted by Crippen LogP contribution is -2.50. The van der Waals surface area contributed by atoms with Crippen molar-refractivity contribution in [3.63, 3.8) is 0 Å². The number of anilines is 1. The third-order valence-electron chi connectivity index (χ3n) is 4.16. The van der Waals surface area contributed by atoms with Crippen LogP contribution in [0.15, 0.2) is 24.3 Å². The Morgan fingerprint density at radius 1 is 1.24 bits per heavy atom. The Balaban J connectivity index is 0.00000312. The molecule has 2 rings (SSSR count). The van der Waals surface area contributed by atoms with E-state index in [1.807, 2.05) is 4.90 Å². The van der Waals surface area contributed by atoms with Crippen LogP contribution < -0.4 is 10.6 Å². The summed E-state index contributed by atoms with van der Waals surface area (Å²) >= 11 is 0. The van der Waals surface area contributed by atoms with E-state index >= 15 is 0 Å². The Kier molecular flexibility index (Phi) is 7.79. The minimum absolute atomic E-state index is 0. The maximum atomic E-state index is 13.5. The number of carbonyl (C=O) groups excluding carboxylic acids is 2. The first-order valence-electron chi connectivity index (χ1n) is 7.71. The molecule has 1 aliphatic rings. The lowest BCUT2D eigenvalue weighted by molar-refractivity contribution is -0.143. The highest BCUT2D eigenvalue weighted by Gasteiger charge is 2.30. The second-order valence-corrected chi connectivity index (χ2v) is 5.75. The van der Waals surface area contributed by atoms with Crippen LogP contribution in [0, 0.1) is 11.7 Å². The molecule has 1 aromatic carbocycles. The summed E-state index contributed by atoms with van der Waals surface area (Å²) < 4.78 is 13.5. The number of aliphatic carboxylic acids is 1. The number of hydrogen-bond donors (Lipinski definition) is 3. The maximum Gasteiger partial charge on any atom is 0.326 e. The van der Waals surface area contributed by atoms with Gasteiger partial charge in [-0.3, -0.25) is 19.8 Å². The number of carboxylic acids is 1. The molecule has 0 saturated carbocycles. The van der Waals surface area contributed by atoms with Gasteiger partial charge >= 0.3 is 12.0 Å².